The number of amides is 1. The van der Waals surface area contributed by atoms with E-state index in [1.54, 1.807) is 6.07 Å². The Kier molecular flexibility index (Phi) is 14.1. The van der Waals surface area contributed by atoms with E-state index >= 15 is 13.6 Å². The maximum absolute atomic E-state index is 15.7. The zero-order valence-electron chi connectivity index (χ0n) is 38.2. The molecule has 1 fully saturated rings. The van der Waals surface area contributed by atoms with Crippen LogP contribution in [0.25, 0.3) is 27.6 Å². The van der Waals surface area contributed by atoms with Crippen LogP contribution in [-0.2, 0) is 40.8 Å². The average molecular weight is 1100 g/mol. The molecule has 2 N–H and O–H groups in total. The van der Waals surface area contributed by atoms with Crippen LogP contribution < -0.4 is 19.3 Å². The molecule has 0 unspecified atom stereocenters. The third-order valence-corrected chi connectivity index (χ3v) is 29.2. The van der Waals surface area contributed by atoms with E-state index in [0.717, 1.165) is 78.5 Å². The summed E-state index contributed by atoms with van der Waals surface area (Å²) in [7, 11) is -2.42. The fourth-order valence-electron chi connectivity index (χ4n) is 10.1. The number of nitrogens with zero attached hydrogens (tertiary/aromatic N) is 7. The van der Waals surface area contributed by atoms with Gasteiger partial charge in [0.1, 0.15) is 0 Å². The summed E-state index contributed by atoms with van der Waals surface area (Å²) in [5.74, 6) is -8.87. The van der Waals surface area contributed by atoms with Crippen LogP contribution in [0.1, 0.15) is 112 Å². The zero-order valence-corrected chi connectivity index (χ0v) is 42.6. The standard InChI is InChI=1S/C34H25ClF6N9O4S.3C4H9.Sn/c1-48-27-22(6-5-20(35)25(27)31(46-48)47-55(2,53)54)50-32(44-30-17(33(50)52)4-3-7-42-30)21(10-14-8-15(36)11-16(37)9-14)43-23(51)13-49-28-24(26(45-49)29(38)39)18-12-19(18)34(28,40)41;3*1-3-4-2;/h3-6,8-9,11,18-19,21,29H,10,12-13H2,1-2H3,(H,43,51)(H,46,47);3*1,3-4H2,2H3;/t18-,19+,21-;;;;/m0..../s1. The summed E-state index contributed by atoms with van der Waals surface area (Å²) in [4.78, 5) is 40.0. The molecule has 2 aliphatic carbocycles. The molecule has 4 aromatic heterocycles. The topological polar surface area (TPSA) is 159 Å². The molecule has 1 amide bonds. The summed E-state index contributed by atoms with van der Waals surface area (Å²) in [6.07, 6.45) is 3.24. The van der Waals surface area contributed by atoms with Gasteiger partial charge in [-0.1, -0.05) is 0 Å². The third-order valence-electron chi connectivity index (χ3n) is 13.2. The number of nitrogens with one attached hydrogen (secondary N) is 2. The van der Waals surface area contributed by atoms with Gasteiger partial charge in [0.05, 0.1) is 6.26 Å². The van der Waals surface area contributed by atoms with E-state index in [1.165, 1.54) is 23.9 Å². The van der Waals surface area contributed by atoms with Crippen LogP contribution in [0.3, 0.4) is 0 Å². The molecule has 1 saturated carbocycles. The van der Waals surface area contributed by atoms with E-state index in [4.69, 9.17) is 21.6 Å². The number of carbonyl (C=O) groups excluding carboxylic acids is 1. The Hall–Kier alpha value is -4.70. The molecule has 3 atom stereocenters. The Morgan fingerprint density at radius 1 is 0.956 bits per heavy atom. The quantitative estimate of drug-likeness (QED) is 0.0566. The van der Waals surface area contributed by atoms with Crippen molar-refractivity contribution in [1.29, 1.82) is 0 Å². The summed E-state index contributed by atoms with van der Waals surface area (Å²) in [5.41, 5.74) is -2.34. The van der Waals surface area contributed by atoms with E-state index < -0.39 is 106 Å². The second-order valence-corrected chi connectivity index (χ2v) is 33.4. The molecule has 2 aromatic carbocycles. The first kappa shape index (κ1) is 49.7. The van der Waals surface area contributed by atoms with Crippen LogP contribution in [0.15, 0.2) is 47.3 Å². The van der Waals surface area contributed by atoms with Gasteiger partial charge in [0, 0.05) is 5.92 Å². The van der Waals surface area contributed by atoms with Gasteiger partial charge in [-0.05, 0) is 12.3 Å². The number of alkyl halides is 4. The van der Waals surface area contributed by atoms with Crippen LogP contribution in [-0.4, -0.2) is 73.1 Å². The van der Waals surface area contributed by atoms with Gasteiger partial charge in [0.2, 0.25) is 0 Å². The first-order valence-corrected chi connectivity index (χ1v) is 32.6. The predicted octanol–water partition coefficient (Wildman–Crippen LogP) is 9.47. The summed E-state index contributed by atoms with van der Waals surface area (Å²) in [6.45, 7) is 5.46. The number of aromatic nitrogens is 7. The molecule has 0 radical (unpaired) electrons. The Balaban J connectivity index is 1.37. The third kappa shape index (κ3) is 9.48. The van der Waals surface area contributed by atoms with Crippen molar-refractivity contribution in [2.24, 2.45) is 13.0 Å². The van der Waals surface area contributed by atoms with Crippen molar-refractivity contribution in [3.05, 3.63) is 97.8 Å². The van der Waals surface area contributed by atoms with E-state index in [9.17, 15) is 30.8 Å². The van der Waals surface area contributed by atoms with E-state index in [0.29, 0.717) is 10.7 Å². The monoisotopic (exact) mass is 1100 g/mol. The molecule has 22 heteroatoms. The normalized spacial score (nSPS) is 17.0. The van der Waals surface area contributed by atoms with Crippen molar-refractivity contribution in [3.8, 4) is 5.69 Å². The Morgan fingerprint density at radius 3 is 2.21 bits per heavy atom. The molecular formula is C46H52ClF6N9O4SSn. The maximum atomic E-state index is 15.7. The van der Waals surface area contributed by atoms with Crippen LogP contribution in [0.2, 0.25) is 18.3 Å². The van der Waals surface area contributed by atoms with Crippen LogP contribution in [0.5, 0.6) is 0 Å². The number of pyridine rings is 1. The first-order valence-electron chi connectivity index (χ1n) is 22.8. The molecule has 2 aliphatic rings. The molecule has 0 bridgehead atoms. The zero-order chi connectivity index (χ0) is 49.0. The van der Waals surface area contributed by atoms with Crippen molar-refractivity contribution in [2.45, 2.75) is 116 Å². The van der Waals surface area contributed by atoms with Crippen LogP contribution >= 0.6 is 11.6 Å². The minimum absolute atomic E-state index is 0.00247. The van der Waals surface area contributed by atoms with Gasteiger partial charge >= 0.3 is 343 Å². The second kappa shape index (κ2) is 19.2. The van der Waals surface area contributed by atoms with Crippen LogP contribution in [0.4, 0.5) is 32.2 Å². The number of hydrogen-bond donors (Lipinski definition) is 2. The van der Waals surface area contributed by atoms with E-state index in [1.807, 2.05) is 6.07 Å². The molecule has 0 saturated heterocycles. The molecule has 8 rings (SSSR count). The average Bonchev–Trinajstić information content (AvgIpc) is 3.81. The second-order valence-electron chi connectivity index (χ2n) is 18.2. The molecule has 0 aliphatic heterocycles. The van der Waals surface area contributed by atoms with E-state index in [-0.39, 0.29) is 61.8 Å². The number of unbranched alkanes of at least 4 members (excludes halogenated alkanes) is 3. The van der Waals surface area contributed by atoms with Gasteiger partial charge in [-0.15, -0.1) is 0 Å². The molecular weight excluding hydrogens is 1040 g/mol. The van der Waals surface area contributed by atoms with Crippen molar-refractivity contribution < 1.29 is 39.6 Å². The van der Waals surface area contributed by atoms with Crippen LogP contribution in [0, 0.1) is 17.6 Å². The summed E-state index contributed by atoms with van der Waals surface area (Å²) in [5, 5.41) is 11.1. The number of hydrogen-bond acceptors (Lipinski definition) is 8. The van der Waals surface area contributed by atoms with Gasteiger partial charge in [0.25, 0.3) is 6.43 Å². The number of carbonyl (C=O) groups is 1. The molecule has 0 spiro atoms. The molecule has 68 heavy (non-hydrogen) atoms. The van der Waals surface area contributed by atoms with E-state index in [2.05, 4.69) is 41.0 Å². The number of sulfonamides is 1. The van der Waals surface area contributed by atoms with Gasteiger partial charge in [-0.25, -0.2) is 17.2 Å². The molecule has 4 heterocycles. The summed E-state index contributed by atoms with van der Waals surface area (Å²) in [6, 6.07) is 7.68. The Morgan fingerprint density at radius 2 is 1.60 bits per heavy atom. The summed E-state index contributed by atoms with van der Waals surface area (Å²) < 4.78 is 124. The fraction of sp³-hybridized carbons (Fsp3) is 0.478. The van der Waals surface area contributed by atoms with Gasteiger partial charge in [-0.3, -0.25) is 0 Å². The SMILES string of the molecule is CCC[CH2][Sn]([CH2]CCC)([CH2]CCC)[c]1ccc2c(=O)n(-c3ccc(Cl)c4c(NS(C)(=O)=O)nn(C)c34)c([C@H](Cc3cc(F)cc(F)c3)NC(=O)Cn3nc(C(F)F)c4c3C(F)(F)[C@@H]3C[C@H]43)nc2n1. The fourth-order valence-corrected chi connectivity index (χ4v) is 26.2. The van der Waals surface area contributed by atoms with Gasteiger partial charge < -0.3 is 0 Å². The number of rotatable bonds is 20. The van der Waals surface area contributed by atoms with Crippen molar-refractivity contribution in [2.75, 3.05) is 11.0 Å². The number of fused-ring (bicyclic) bond motifs is 5. The Labute approximate surface area is 398 Å². The predicted molar refractivity (Wildman–Crippen MR) is 250 cm³/mol. The number of halogens is 7. The van der Waals surface area contributed by atoms with Crippen molar-refractivity contribution >= 4 is 77.4 Å². The molecule has 364 valence electrons. The molecule has 6 aromatic rings. The number of anilines is 1. The van der Waals surface area contributed by atoms with Crippen molar-refractivity contribution in [1.82, 2.24) is 39.4 Å². The van der Waals surface area contributed by atoms with Gasteiger partial charge in [0.15, 0.2) is 0 Å². The van der Waals surface area contributed by atoms with Gasteiger partial charge in [-0.2, -0.15) is 8.78 Å². The number of benzene rings is 2. The first-order chi connectivity index (χ1) is 32.2. The minimum atomic E-state index is -3.91. The number of aryl methyl sites for hydroxylation is 1. The molecule has 13 nitrogen and oxygen atoms in total. The Bertz CT molecular complexity index is 3070. The van der Waals surface area contributed by atoms with Crippen molar-refractivity contribution in [3.63, 3.8) is 0 Å². The summed E-state index contributed by atoms with van der Waals surface area (Å²) >= 11 is 3.36.